The summed E-state index contributed by atoms with van der Waals surface area (Å²) < 4.78 is 17.4. The molecule has 0 radical (unpaired) electrons. The lowest BCUT2D eigenvalue weighted by molar-refractivity contribution is 0.271. The molecule has 2 rings (SSSR count). The van der Waals surface area contributed by atoms with Crippen molar-refractivity contribution >= 4 is 5.95 Å². The molecule has 0 atom stereocenters. The molecule has 0 aliphatic carbocycles. The highest BCUT2D eigenvalue weighted by Crippen LogP contribution is 2.19. The van der Waals surface area contributed by atoms with E-state index in [1.165, 1.54) is 0 Å². The lowest BCUT2D eigenvalue weighted by atomic mass is 10.2. The van der Waals surface area contributed by atoms with Gasteiger partial charge in [0.05, 0.1) is 20.2 Å². The van der Waals surface area contributed by atoms with Crippen LogP contribution in [0.15, 0.2) is 12.3 Å². The van der Waals surface area contributed by atoms with Crippen LogP contribution >= 0.6 is 0 Å². The second kappa shape index (κ2) is 3.16. The first-order valence-corrected chi connectivity index (χ1v) is 4.05. The van der Waals surface area contributed by atoms with Gasteiger partial charge in [0, 0.05) is 12.3 Å². The number of halogens is 1. The zero-order valence-corrected chi connectivity index (χ0v) is 7.27. The summed E-state index contributed by atoms with van der Waals surface area (Å²) in [5.41, 5.74) is 0. The van der Waals surface area contributed by atoms with Crippen LogP contribution in [0.25, 0.3) is 0 Å². The molecular formula is C8H10FN3O. The summed E-state index contributed by atoms with van der Waals surface area (Å²) in [6.45, 7) is 0.764. The Morgan fingerprint density at radius 2 is 2.38 bits per heavy atom. The summed E-state index contributed by atoms with van der Waals surface area (Å²) in [4.78, 5) is 9.86. The third-order valence-electron chi connectivity index (χ3n) is 1.95. The van der Waals surface area contributed by atoms with Gasteiger partial charge in [-0.2, -0.15) is 4.98 Å². The van der Waals surface area contributed by atoms with Gasteiger partial charge in [0.25, 0.3) is 0 Å². The minimum atomic E-state index is -0.741. The number of alkyl halides is 1. The molecule has 1 fully saturated rings. The van der Waals surface area contributed by atoms with Crippen molar-refractivity contribution in [3.05, 3.63) is 12.3 Å². The molecule has 1 aliphatic heterocycles. The molecule has 0 N–H and O–H groups in total. The first-order valence-electron chi connectivity index (χ1n) is 4.05. The van der Waals surface area contributed by atoms with Crippen LogP contribution in [0, 0.1) is 0 Å². The van der Waals surface area contributed by atoms with E-state index in [4.69, 9.17) is 4.74 Å². The third-order valence-corrected chi connectivity index (χ3v) is 1.95. The van der Waals surface area contributed by atoms with Crippen LogP contribution < -0.4 is 9.64 Å². The van der Waals surface area contributed by atoms with E-state index >= 15 is 0 Å². The van der Waals surface area contributed by atoms with E-state index in [0.29, 0.717) is 24.9 Å². The summed E-state index contributed by atoms with van der Waals surface area (Å²) in [5.74, 6) is 1.04. The number of hydrogen-bond acceptors (Lipinski definition) is 4. The maximum absolute atomic E-state index is 12.5. The minimum absolute atomic E-state index is 0.382. The normalized spacial score (nSPS) is 16.9. The second-order valence-corrected chi connectivity index (χ2v) is 2.90. The lowest BCUT2D eigenvalue weighted by Crippen LogP contribution is -2.49. The van der Waals surface area contributed by atoms with E-state index in [2.05, 4.69) is 9.97 Å². The van der Waals surface area contributed by atoms with Crippen molar-refractivity contribution < 1.29 is 9.13 Å². The van der Waals surface area contributed by atoms with Crippen LogP contribution in [-0.2, 0) is 0 Å². The predicted octanol–water partition coefficient (Wildman–Crippen LogP) is 0.643. The first kappa shape index (κ1) is 8.22. The molecule has 0 bridgehead atoms. The maximum Gasteiger partial charge on any atom is 0.228 e. The van der Waals surface area contributed by atoms with Gasteiger partial charge < -0.3 is 9.64 Å². The van der Waals surface area contributed by atoms with Crippen LogP contribution in [0.2, 0.25) is 0 Å². The fourth-order valence-corrected chi connectivity index (χ4v) is 1.19. The molecule has 70 valence electrons. The summed E-state index contributed by atoms with van der Waals surface area (Å²) in [5, 5.41) is 0. The maximum atomic E-state index is 12.5. The quantitative estimate of drug-likeness (QED) is 0.674. The Hall–Kier alpha value is -1.39. The molecule has 4 nitrogen and oxygen atoms in total. The zero-order valence-electron chi connectivity index (χ0n) is 7.27. The number of hydrogen-bond donors (Lipinski definition) is 0. The topological polar surface area (TPSA) is 38.2 Å². The van der Waals surface area contributed by atoms with Gasteiger partial charge in [0.15, 0.2) is 0 Å². The van der Waals surface area contributed by atoms with E-state index in [1.807, 2.05) is 0 Å². The van der Waals surface area contributed by atoms with Crippen molar-refractivity contribution in [2.45, 2.75) is 6.17 Å². The number of aromatic nitrogens is 2. The average molecular weight is 183 g/mol. The van der Waals surface area contributed by atoms with E-state index in [1.54, 1.807) is 24.3 Å². The number of methoxy groups -OCH3 is 1. The van der Waals surface area contributed by atoms with Crippen molar-refractivity contribution in [2.24, 2.45) is 0 Å². The molecule has 1 aliphatic rings. The van der Waals surface area contributed by atoms with Gasteiger partial charge in [-0.15, -0.1) is 0 Å². The van der Waals surface area contributed by atoms with Gasteiger partial charge in [0.1, 0.15) is 6.17 Å². The Labute approximate surface area is 75.4 Å². The van der Waals surface area contributed by atoms with Gasteiger partial charge in [-0.1, -0.05) is 0 Å². The largest absolute Gasteiger partial charge is 0.481 e. The summed E-state index contributed by atoms with van der Waals surface area (Å²) in [7, 11) is 1.54. The number of anilines is 1. The van der Waals surface area contributed by atoms with E-state index in [0.717, 1.165) is 0 Å². The standard InChI is InChI=1S/C8H10FN3O/c1-13-7-2-3-10-8(11-7)12-4-6(9)5-12/h2-3,6H,4-5H2,1H3. The van der Waals surface area contributed by atoms with Crippen LogP contribution in [0.4, 0.5) is 10.3 Å². The molecule has 0 spiro atoms. The molecule has 1 saturated heterocycles. The average Bonchev–Trinajstić information content (AvgIpc) is 2.13. The smallest absolute Gasteiger partial charge is 0.228 e. The molecule has 0 saturated carbocycles. The van der Waals surface area contributed by atoms with Crippen LogP contribution in [0.5, 0.6) is 5.88 Å². The fraction of sp³-hybridized carbons (Fsp3) is 0.500. The first-order chi connectivity index (χ1) is 6.29. The lowest BCUT2D eigenvalue weighted by Gasteiger charge is -2.34. The molecule has 13 heavy (non-hydrogen) atoms. The van der Waals surface area contributed by atoms with Crippen molar-refractivity contribution in [3.8, 4) is 5.88 Å². The third kappa shape index (κ3) is 1.54. The van der Waals surface area contributed by atoms with Crippen molar-refractivity contribution in [2.75, 3.05) is 25.1 Å². The van der Waals surface area contributed by atoms with Crippen LogP contribution in [-0.4, -0.2) is 36.3 Å². The highest BCUT2D eigenvalue weighted by molar-refractivity contribution is 5.36. The SMILES string of the molecule is COc1ccnc(N2CC(F)C2)n1. The highest BCUT2D eigenvalue weighted by atomic mass is 19.1. The second-order valence-electron chi connectivity index (χ2n) is 2.90. The van der Waals surface area contributed by atoms with Crippen molar-refractivity contribution in [1.82, 2.24) is 9.97 Å². The molecular weight excluding hydrogens is 173 g/mol. The summed E-state index contributed by atoms with van der Waals surface area (Å²) >= 11 is 0. The molecule has 5 heteroatoms. The van der Waals surface area contributed by atoms with E-state index in [9.17, 15) is 4.39 Å². The van der Waals surface area contributed by atoms with Gasteiger partial charge in [-0.25, -0.2) is 9.37 Å². The Morgan fingerprint density at radius 1 is 1.62 bits per heavy atom. The molecule has 0 amide bonds. The minimum Gasteiger partial charge on any atom is -0.481 e. The zero-order chi connectivity index (χ0) is 9.26. The van der Waals surface area contributed by atoms with E-state index in [-0.39, 0.29) is 0 Å². The predicted molar refractivity (Wildman–Crippen MR) is 45.7 cm³/mol. The van der Waals surface area contributed by atoms with Gasteiger partial charge >= 0.3 is 0 Å². The number of rotatable bonds is 2. The molecule has 2 heterocycles. The number of ether oxygens (including phenoxy) is 1. The van der Waals surface area contributed by atoms with Crippen molar-refractivity contribution in [3.63, 3.8) is 0 Å². The molecule has 1 aromatic heterocycles. The Balaban J connectivity index is 2.12. The van der Waals surface area contributed by atoms with Gasteiger partial charge in [0.2, 0.25) is 11.8 Å². The summed E-state index contributed by atoms with van der Waals surface area (Å²) in [6, 6.07) is 1.66. The highest BCUT2D eigenvalue weighted by Gasteiger charge is 2.28. The molecule has 0 aromatic carbocycles. The Bertz CT molecular complexity index is 301. The van der Waals surface area contributed by atoms with Gasteiger partial charge in [-0.3, -0.25) is 0 Å². The van der Waals surface area contributed by atoms with E-state index < -0.39 is 6.17 Å². The molecule has 1 aromatic rings. The Morgan fingerprint density at radius 3 is 3.00 bits per heavy atom. The number of nitrogens with zero attached hydrogens (tertiary/aromatic N) is 3. The summed E-state index contributed by atoms with van der Waals surface area (Å²) in [6.07, 6.45) is 0.863. The van der Waals surface area contributed by atoms with Crippen molar-refractivity contribution in [1.29, 1.82) is 0 Å². The molecule has 0 unspecified atom stereocenters. The Kier molecular flexibility index (Phi) is 2.00. The van der Waals surface area contributed by atoms with Crippen LogP contribution in [0.3, 0.4) is 0 Å². The monoisotopic (exact) mass is 183 g/mol. The fourth-order valence-electron chi connectivity index (χ4n) is 1.19. The van der Waals surface area contributed by atoms with Crippen LogP contribution in [0.1, 0.15) is 0 Å². The van der Waals surface area contributed by atoms with Gasteiger partial charge in [-0.05, 0) is 0 Å².